The molecular formula is C32H24Cl2FN3O4. The number of alkyl carbamates (subject to hydrolysis) is 1. The van der Waals surface area contributed by atoms with Crippen LogP contribution in [0.4, 0.5) is 14.9 Å². The highest BCUT2D eigenvalue weighted by Crippen LogP contribution is 2.47. The van der Waals surface area contributed by atoms with Gasteiger partial charge in [0.05, 0.1) is 30.1 Å². The van der Waals surface area contributed by atoms with Gasteiger partial charge in [-0.25, -0.2) is 9.18 Å². The number of aromatic amines is 1. The maximum Gasteiger partial charge on any atom is 0.408 e. The van der Waals surface area contributed by atoms with Crippen molar-refractivity contribution in [1.29, 1.82) is 0 Å². The third kappa shape index (κ3) is 4.93. The first-order chi connectivity index (χ1) is 20.3. The molecule has 6 rings (SSSR count). The van der Waals surface area contributed by atoms with E-state index in [1.165, 1.54) is 12.1 Å². The molecule has 0 bridgehead atoms. The molecule has 2 N–H and O–H groups in total. The first-order valence-corrected chi connectivity index (χ1v) is 13.8. The van der Waals surface area contributed by atoms with Crippen molar-refractivity contribution in [2.75, 3.05) is 12.0 Å². The topological polar surface area (TPSA) is 83.7 Å². The molecule has 0 spiro atoms. The third-order valence-electron chi connectivity index (χ3n) is 7.29. The lowest BCUT2D eigenvalue weighted by Crippen LogP contribution is -2.54. The molecule has 10 heteroatoms. The molecule has 1 atom stereocenters. The number of fused-ring (bicyclic) bond motifs is 2. The molecule has 0 radical (unpaired) electrons. The summed E-state index contributed by atoms with van der Waals surface area (Å²) >= 11 is 12.5. The molecule has 42 heavy (non-hydrogen) atoms. The van der Waals surface area contributed by atoms with E-state index in [1.807, 2.05) is 42.5 Å². The van der Waals surface area contributed by atoms with E-state index in [0.717, 1.165) is 11.1 Å². The maximum atomic E-state index is 14.6. The average molecular weight is 604 g/mol. The van der Waals surface area contributed by atoms with Crippen LogP contribution in [-0.2, 0) is 28.2 Å². The summed E-state index contributed by atoms with van der Waals surface area (Å²) < 4.78 is 25.2. The highest BCUT2D eigenvalue weighted by molar-refractivity contribution is 6.31. The summed E-state index contributed by atoms with van der Waals surface area (Å²) in [5.41, 5.74) is 1.59. The number of methoxy groups -OCH3 is 1. The van der Waals surface area contributed by atoms with Crippen molar-refractivity contribution in [3.8, 4) is 5.75 Å². The van der Waals surface area contributed by atoms with E-state index in [-0.39, 0.29) is 18.2 Å². The Bertz CT molecular complexity index is 1770. The Hall–Kier alpha value is -4.53. The molecule has 7 nitrogen and oxygen atoms in total. The van der Waals surface area contributed by atoms with E-state index in [2.05, 4.69) is 10.3 Å². The maximum absolute atomic E-state index is 14.6. The Labute approximate surface area is 250 Å². The van der Waals surface area contributed by atoms with Gasteiger partial charge in [-0.3, -0.25) is 10.1 Å². The van der Waals surface area contributed by atoms with E-state index >= 15 is 0 Å². The van der Waals surface area contributed by atoms with Crippen LogP contribution < -0.4 is 15.0 Å². The second-order valence-corrected chi connectivity index (χ2v) is 10.7. The first kappa shape index (κ1) is 27.6. The molecule has 212 valence electrons. The van der Waals surface area contributed by atoms with Gasteiger partial charge in [0.25, 0.3) is 5.91 Å². The molecule has 5 aromatic rings. The van der Waals surface area contributed by atoms with E-state index < -0.39 is 23.4 Å². The predicted octanol–water partition coefficient (Wildman–Crippen LogP) is 7.34. The van der Waals surface area contributed by atoms with Crippen LogP contribution in [0.25, 0.3) is 10.9 Å². The summed E-state index contributed by atoms with van der Waals surface area (Å²) in [5, 5.41) is 3.60. The van der Waals surface area contributed by atoms with Gasteiger partial charge in [-0.15, -0.1) is 0 Å². The molecule has 1 aliphatic heterocycles. The van der Waals surface area contributed by atoms with Crippen molar-refractivity contribution in [2.24, 2.45) is 0 Å². The number of rotatable bonds is 7. The van der Waals surface area contributed by atoms with Crippen molar-refractivity contribution < 1.29 is 23.5 Å². The van der Waals surface area contributed by atoms with Crippen molar-refractivity contribution in [3.63, 3.8) is 0 Å². The highest BCUT2D eigenvalue weighted by atomic mass is 35.5. The summed E-state index contributed by atoms with van der Waals surface area (Å²) in [6.45, 7) is 0.184. The summed E-state index contributed by atoms with van der Waals surface area (Å²) in [6, 6.07) is 25.9. The largest absolute Gasteiger partial charge is 0.497 e. The number of nitrogens with one attached hydrogen (secondary N) is 2. The number of hydrogen-bond acceptors (Lipinski definition) is 4. The van der Waals surface area contributed by atoms with Crippen molar-refractivity contribution in [2.45, 2.75) is 18.7 Å². The number of hydrogen-bond donors (Lipinski definition) is 2. The van der Waals surface area contributed by atoms with Gasteiger partial charge in [-0.05, 0) is 59.7 Å². The van der Waals surface area contributed by atoms with Crippen LogP contribution in [0.5, 0.6) is 5.75 Å². The molecule has 0 unspecified atom stereocenters. The van der Waals surface area contributed by atoms with Crippen molar-refractivity contribution in [3.05, 3.63) is 129 Å². The molecule has 0 fully saturated rings. The van der Waals surface area contributed by atoms with Crippen LogP contribution >= 0.6 is 23.2 Å². The quantitative estimate of drug-likeness (QED) is 0.204. The van der Waals surface area contributed by atoms with Gasteiger partial charge in [0, 0.05) is 21.5 Å². The number of carbonyl (C=O) groups excluding carboxylic acids is 2. The lowest BCUT2D eigenvalue weighted by Gasteiger charge is -2.29. The fourth-order valence-electron chi connectivity index (χ4n) is 5.23. The summed E-state index contributed by atoms with van der Waals surface area (Å²) in [5.74, 6) is -0.383. The van der Waals surface area contributed by atoms with E-state index in [9.17, 15) is 14.0 Å². The van der Waals surface area contributed by atoms with Gasteiger partial charge < -0.3 is 19.4 Å². The van der Waals surface area contributed by atoms with Gasteiger partial charge in [-0.1, -0.05) is 65.7 Å². The Morgan fingerprint density at radius 1 is 0.976 bits per heavy atom. The molecule has 1 aromatic heterocycles. The monoisotopic (exact) mass is 603 g/mol. The Balaban J connectivity index is 1.46. The van der Waals surface area contributed by atoms with Gasteiger partial charge in [-0.2, -0.15) is 0 Å². The molecule has 4 aromatic carbocycles. The lowest BCUT2D eigenvalue weighted by atomic mass is 9.87. The number of H-pyrrole nitrogens is 1. The number of carbonyl (C=O) groups is 2. The minimum Gasteiger partial charge on any atom is -0.497 e. The number of benzene rings is 4. The van der Waals surface area contributed by atoms with E-state index in [4.69, 9.17) is 32.7 Å². The molecule has 0 saturated carbocycles. The van der Waals surface area contributed by atoms with Crippen molar-refractivity contribution in [1.82, 2.24) is 10.3 Å². The third-order valence-corrected chi connectivity index (χ3v) is 7.81. The van der Waals surface area contributed by atoms with Gasteiger partial charge in [0.15, 0.2) is 5.54 Å². The molecule has 2 heterocycles. The minimum absolute atomic E-state index is 0.0115. The zero-order valence-electron chi connectivity index (χ0n) is 22.3. The second-order valence-electron chi connectivity index (χ2n) is 9.87. The van der Waals surface area contributed by atoms with Crippen LogP contribution in [0.15, 0.2) is 91.0 Å². The van der Waals surface area contributed by atoms with Gasteiger partial charge >= 0.3 is 6.09 Å². The second kappa shape index (κ2) is 11.0. The van der Waals surface area contributed by atoms with E-state index in [1.54, 1.807) is 48.4 Å². The number of ether oxygens (including phenoxy) is 2. The lowest BCUT2D eigenvalue weighted by molar-refractivity contribution is -0.123. The standard InChI is InChI=1S/C32H24Cl2FN3O4/c1-41-23-10-7-19(8-11-23)17-38-28-12-9-22(33)15-24(28)32(30(38)39,37-31(40)42-18-20-5-3-2-4-6-20)29-14-21-13-26(35)25(34)16-27(21)36-29/h2-16,36H,17-18H2,1H3,(H,37,40)/t32-/m1/s1. The van der Waals surface area contributed by atoms with E-state index in [0.29, 0.717) is 38.6 Å². The van der Waals surface area contributed by atoms with Crippen molar-refractivity contribution >= 4 is 51.8 Å². The number of nitrogens with zero attached hydrogens (tertiary/aromatic N) is 1. The van der Waals surface area contributed by atoms with Crippen LogP contribution in [0.1, 0.15) is 22.4 Å². The van der Waals surface area contributed by atoms with Crippen LogP contribution in [0, 0.1) is 5.82 Å². The molecule has 0 aliphatic carbocycles. The average Bonchev–Trinajstić information content (AvgIpc) is 3.50. The van der Waals surface area contributed by atoms with Crippen LogP contribution in [0.3, 0.4) is 0 Å². The van der Waals surface area contributed by atoms with Gasteiger partial charge in [0.2, 0.25) is 0 Å². The highest BCUT2D eigenvalue weighted by Gasteiger charge is 2.55. The number of amides is 2. The minimum atomic E-state index is -1.78. The molecule has 2 amide bonds. The fraction of sp³-hybridized carbons (Fsp3) is 0.125. The molecule has 0 saturated heterocycles. The molecule has 1 aliphatic rings. The summed E-state index contributed by atoms with van der Waals surface area (Å²) in [7, 11) is 1.58. The zero-order valence-corrected chi connectivity index (χ0v) is 23.8. The normalized spacial score (nSPS) is 16.0. The van der Waals surface area contributed by atoms with Crippen LogP contribution in [-0.4, -0.2) is 24.1 Å². The van der Waals surface area contributed by atoms with Crippen LogP contribution in [0.2, 0.25) is 10.0 Å². The summed E-state index contributed by atoms with van der Waals surface area (Å²) in [6.07, 6.45) is -0.827. The summed E-state index contributed by atoms with van der Waals surface area (Å²) in [4.78, 5) is 32.8. The Morgan fingerprint density at radius 3 is 2.48 bits per heavy atom. The smallest absolute Gasteiger partial charge is 0.408 e. The predicted molar refractivity (Wildman–Crippen MR) is 159 cm³/mol. The number of anilines is 1. The number of halogens is 3. The SMILES string of the molecule is COc1ccc(CN2C(=O)[C@](NC(=O)OCc3ccccc3)(c3cc4cc(F)c(Cl)cc4[nH]3)c3cc(Cl)ccc32)cc1. The number of aromatic nitrogens is 1. The van der Waals surface area contributed by atoms with Gasteiger partial charge in [0.1, 0.15) is 18.2 Å². The molecular weight excluding hydrogens is 580 g/mol. The first-order valence-electron chi connectivity index (χ1n) is 13.0. The Kier molecular flexibility index (Phi) is 7.26. The zero-order chi connectivity index (χ0) is 29.4. The Morgan fingerprint density at radius 2 is 1.74 bits per heavy atom. The fourth-order valence-corrected chi connectivity index (χ4v) is 5.57.